The number of nitriles is 1. The molecular formula is C19H22N2O. The predicted molar refractivity (Wildman–Crippen MR) is 87.2 cm³/mol. The van der Waals surface area contributed by atoms with E-state index in [1.165, 1.54) is 5.06 Å². The van der Waals surface area contributed by atoms with Gasteiger partial charge in [0.05, 0.1) is 12.1 Å². The SMILES string of the molecule is CC(C)(C)[C@@H](C#N)N(O)C(c1ccccc1)c1ccccc1. The van der Waals surface area contributed by atoms with Gasteiger partial charge in [-0.15, -0.1) is 0 Å². The van der Waals surface area contributed by atoms with Crippen molar-refractivity contribution in [1.29, 1.82) is 5.26 Å². The molecule has 1 N–H and O–H groups in total. The van der Waals surface area contributed by atoms with Crippen LogP contribution < -0.4 is 0 Å². The minimum absolute atomic E-state index is 0.356. The van der Waals surface area contributed by atoms with Crippen molar-refractivity contribution in [2.24, 2.45) is 5.41 Å². The summed E-state index contributed by atoms with van der Waals surface area (Å²) in [6.45, 7) is 5.87. The summed E-state index contributed by atoms with van der Waals surface area (Å²) < 4.78 is 0. The van der Waals surface area contributed by atoms with Gasteiger partial charge in [0.15, 0.2) is 0 Å². The number of rotatable bonds is 4. The Morgan fingerprint density at radius 2 is 1.32 bits per heavy atom. The van der Waals surface area contributed by atoms with Crippen LogP contribution in [0.3, 0.4) is 0 Å². The van der Waals surface area contributed by atoms with E-state index in [2.05, 4.69) is 6.07 Å². The first-order chi connectivity index (χ1) is 10.4. The summed E-state index contributed by atoms with van der Waals surface area (Å²) in [5.74, 6) is 0. The summed E-state index contributed by atoms with van der Waals surface area (Å²) in [5.41, 5.74) is 1.56. The Bertz CT molecular complexity index is 586. The van der Waals surface area contributed by atoms with Gasteiger partial charge in [0, 0.05) is 0 Å². The number of nitrogens with zero attached hydrogens (tertiary/aromatic N) is 2. The van der Waals surface area contributed by atoms with Crippen molar-refractivity contribution in [2.45, 2.75) is 32.9 Å². The van der Waals surface area contributed by atoms with Crippen molar-refractivity contribution in [3.05, 3.63) is 71.8 Å². The average Bonchev–Trinajstić information content (AvgIpc) is 2.49. The Kier molecular flexibility index (Phi) is 4.97. The lowest BCUT2D eigenvalue weighted by atomic mass is 9.85. The summed E-state index contributed by atoms with van der Waals surface area (Å²) in [5, 5.41) is 21.5. The quantitative estimate of drug-likeness (QED) is 0.850. The minimum atomic E-state index is -0.613. The van der Waals surface area contributed by atoms with Gasteiger partial charge in [-0.1, -0.05) is 81.4 Å². The van der Waals surface area contributed by atoms with E-state index in [0.29, 0.717) is 0 Å². The monoisotopic (exact) mass is 294 g/mol. The molecule has 3 nitrogen and oxygen atoms in total. The van der Waals surface area contributed by atoms with Gasteiger partial charge in [-0.2, -0.15) is 10.3 Å². The molecule has 2 aromatic rings. The van der Waals surface area contributed by atoms with Gasteiger partial charge < -0.3 is 5.21 Å². The van der Waals surface area contributed by atoms with Crippen molar-refractivity contribution in [3.8, 4) is 6.07 Å². The lowest BCUT2D eigenvalue weighted by molar-refractivity contribution is -0.159. The lowest BCUT2D eigenvalue weighted by Gasteiger charge is -2.36. The molecule has 0 saturated heterocycles. The third-order valence-electron chi connectivity index (χ3n) is 3.70. The van der Waals surface area contributed by atoms with Crippen LogP contribution in [0.4, 0.5) is 0 Å². The van der Waals surface area contributed by atoms with Crippen LogP contribution in [0.15, 0.2) is 60.7 Å². The third kappa shape index (κ3) is 3.54. The second-order valence-electron chi connectivity index (χ2n) is 6.50. The largest absolute Gasteiger partial charge is 0.312 e. The summed E-state index contributed by atoms with van der Waals surface area (Å²) >= 11 is 0. The molecule has 0 fully saturated rings. The van der Waals surface area contributed by atoms with Gasteiger partial charge in [-0.3, -0.25) is 0 Å². The fraction of sp³-hybridized carbons (Fsp3) is 0.316. The van der Waals surface area contributed by atoms with Crippen molar-refractivity contribution in [1.82, 2.24) is 5.06 Å². The molecule has 2 aromatic carbocycles. The zero-order valence-corrected chi connectivity index (χ0v) is 13.3. The highest BCUT2D eigenvalue weighted by Crippen LogP contribution is 2.33. The molecule has 114 valence electrons. The van der Waals surface area contributed by atoms with Crippen LogP contribution in [0.1, 0.15) is 37.9 Å². The van der Waals surface area contributed by atoms with E-state index in [9.17, 15) is 10.5 Å². The lowest BCUT2D eigenvalue weighted by Crippen LogP contribution is -2.43. The number of hydroxylamine groups is 2. The molecule has 0 aliphatic rings. The van der Waals surface area contributed by atoms with E-state index in [-0.39, 0.29) is 11.5 Å². The van der Waals surface area contributed by atoms with Gasteiger partial charge in [-0.05, 0) is 16.5 Å². The topological polar surface area (TPSA) is 47.3 Å². The van der Waals surface area contributed by atoms with E-state index in [4.69, 9.17) is 0 Å². The van der Waals surface area contributed by atoms with Crippen molar-refractivity contribution >= 4 is 0 Å². The minimum Gasteiger partial charge on any atom is -0.312 e. The van der Waals surface area contributed by atoms with Gasteiger partial charge in [0.25, 0.3) is 0 Å². The van der Waals surface area contributed by atoms with Gasteiger partial charge in [0.2, 0.25) is 0 Å². The fourth-order valence-corrected chi connectivity index (χ4v) is 2.57. The van der Waals surface area contributed by atoms with Crippen LogP contribution in [0, 0.1) is 16.7 Å². The van der Waals surface area contributed by atoms with Crippen molar-refractivity contribution in [2.75, 3.05) is 0 Å². The number of hydrogen-bond acceptors (Lipinski definition) is 3. The maximum atomic E-state index is 10.8. The Morgan fingerprint density at radius 1 is 0.909 bits per heavy atom. The first-order valence-electron chi connectivity index (χ1n) is 7.42. The van der Waals surface area contributed by atoms with E-state index in [1.807, 2.05) is 81.4 Å². The number of benzene rings is 2. The highest BCUT2D eigenvalue weighted by Gasteiger charge is 2.35. The van der Waals surface area contributed by atoms with Crippen LogP contribution >= 0.6 is 0 Å². The molecular weight excluding hydrogens is 272 g/mol. The molecule has 0 saturated carbocycles. The van der Waals surface area contributed by atoms with Crippen molar-refractivity contribution < 1.29 is 5.21 Å². The van der Waals surface area contributed by atoms with Gasteiger partial charge in [0.1, 0.15) is 6.04 Å². The van der Waals surface area contributed by atoms with E-state index < -0.39 is 6.04 Å². The fourth-order valence-electron chi connectivity index (χ4n) is 2.57. The van der Waals surface area contributed by atoms with E-state index in [0.717, 1.165) is 11.1 Å². The van der Waals surface area contributed by atoms with E-state index >= 15 is 0 Å². The standard InChI is InChI=1S/C19H22N2O/c1-19(2,3)17(14-20)21(22)18(15-10-6-4-7-11-15)16-12-8-5-9-13-16/h4-13,17-18,22H,1-3H3/t17-/m1/s1. The molecule has 0 aliphatic carbocycles. The van der Waals surface area contributed by atoms with E-state index in [1.54, 1.807) is 0 Å². The molecule has 0 radical (unpaired) electrons. The van der Waals surface area contributed by atoms with Gasteiger partial charge in [-0.25, -0.2) is 0 Å². The average molecular weight is 294 g/mol. The molecule has 1 atom stereocenters. The zero-order chi connectivity index (χ0) is 16.2. The first kappa shape index (κ1) is 16.2. The number of hydrogen-bond donors (Lipinski definition) is 1. The third-order valence-corrected chi connectivity index (χ3v) is 3.70. The Labute approximate surface area is 132 Å². The highest BCUT2D eigenvalue weighted by atomic mass is 16.5. The smallest absolute Gasteiger partial charge is 0.127 e. The second kappa shape index (κ2) is 6.74. The molecule has 0 heterocycles. The van der Waals surface area contributed by atoms with Crippen LogP contribution in [-0.2, 0) is 0 Å². The normalized spacial score (nSPS) is 13.1. The molecule has 2 rings (SSSR count). The summed E-state index contributed by atoms with van der Waals surface area (Å²) in [4.78, 5) is 0. The van der Waals surface area contributed by atoms with Crippen LogP contribution in [0.2, 0.25) is 0 Å². The molecule has 0 spiro atoms. The molecule has 0 aromatic heterocycles. The summed E-state index contributed by atoms with van der Waals surface area (Å²) in [7, 11) is 0. The molecule has 22 heavy (non-hydrogen) atoms. The Hall–Kier alpha value is -2.15. The van der Waals surface area contributed by atoms with Gasteiger partial charge >= 0.3 is 0 Å². The van der Waals surface area contributed by atoms with Crippen LogP contribution in [-0.4, -0.2) is 16.3 Å². The summed E-state index contributed by atoms with van der Waals surface area (Å²) in [6, 6.07) is 20.8. The highest BCUT2D eigenvalue weighted by molar-refractivity contribution is 5.32. The predicted octanol–water partition coefficient (Wildman–Crippen LogP) is 4.41. The summed E-state index contributed by atoms with van der Waals surface area (Å²) in [6.07, 6.45) is 0. The molecule has 0 aliphatic heterocycles. The molecule has 0 bridgehead atoms. The second-order valence-corrected chi connectivity index (χ2v) is 6.50. The molecule has 0 unspecified atom stereocenters. The van der Waals surface area contributed by atoms with Crippen LogP contribution in [0.25, 0.3) is 0 Å². The Balaban J connectivity index is 2.48. The van der Waals surface area contributed by atoms with Crippen molar-refractivity contribution in [3.63, 3.8) is 0 Å². The maximum Gasteiger partial charge on any atom is 0.127 e. The molecule has 0 amide bonds. The maximum absolute atomic E-state index is 10.8. The first-order valence-corrected chi connectivity index (χ1v) is 7.42. The van der Waals surface area contributed by atoms with Crippen LogP contribution in [0.5, 0.6) is 0 Å². The zero-order valence-electron chi connectivity index (χ0n) is 13.3. The Morgan fingerprint density at radius 3 is 1.64 bits per heavy atom. The molecule has 3 heteroatoms.